The first kappa shape index (κ1) is 9.37. The molecule has 0 aliphatic heterocycles. The number of aromatic amines is 1. The molecule has 0 aromatic carbocycles. The van der Waals surface area contributed by atoms with Crippen molar-refractivity contribution in [2.45, 2.75) is 0 Å². The van der Waals surface area contributed by atoms with Gasteiger partial charge in [-0.15, -0.1) is 0 Å². The van der Waals surface area contributed by atoms with Gasteiger partial charge < -0.3 is 12.3 Å². The molecule has 0 saturated heterocycles. The van der Waals surface area contributed by atoms with Crippen LogP contribution in [0, 0.1) is 0 Å². The zero-order valence-corrected chi connectivity index (χ0v) is 3.64. The average molecular weight is 109 g/mol. The minimum Gasteiger partial charge on any atom is -0.344 e. The molecule has 0 aliphatic carbocycles. The average Bonchev–Trinajstić information content (AvgIpc) is 1.30. The molecule has 0 fully saturated rings. The Hall–Kier alpha value is -1.01. The topological polar surface area (TPSA) is 129 Å². The summed E-state index contributed by atoms with van der Waals surface area (Å²) in [5.41, 5.74) is 0. The third-order valence-corrected chi connectivity index (χ3v) is 0.250. The summed E-state index contributed by atoms with van der Waals surface area (Å²) < 4.78 is 7.64. The maximum Gasteiger partial charge on any atom is 0.563 e. The summed E-state index contributed by atoms with van der Waals surface area (Å²) in [6.45, 7) is 0. The normalized spacial score (nSPS) is 6.29. The van der Waals surface area contributed by atoms with Crippen LogP contribution in [0.5, 0.6) is 0 Å². The van der Waals surface area contributed by atoms with Crippen molar-refractivity contribution >= 4 is 0 Å². The Morgan fingerprint density at radius 1 is 1.29 bits per heavy atom. The Morgan fingerprint density at radius 3 is 1.57 bits per heavy atom. The van der Waals surface area contributed by atoms with E-state index in [-0.39, 0.29) is 12.3 Å². The molecule has 0 unspecified atom stereocenters. The number of hydrogen-bond acceptors (Lipinski definition) is 5. The summed E-state index contributed by atoms with van der Waals surface area (Å²) in [7, 11) is 0. The number of nitrogens with one attached hydrogen (secondary N) is 1. The maximum absolute atomic E-state index is 9.39. The Kier molecular flexibility index (Phi) is 4.27. The minimum absolute atomic E-state index is 0. The lowest BCUT2D eigenvalue weighted by Gasteiger charge is -1.74. The van der Waals surface area contributed by atoms with Crippen LogP contribution in [0.25, 0.3) is 0 Å². The van der Waals surface area contributed by atoms with E-state index >= 15 is 0 Å². The van der Waals surface area contributed by atoms with E-state index in [1.54, 1.807) is 0 Å². The lowest BCUT2D eigenvalue weighted by Crippen LogP contribution is -2.01. The largest absolute Gasteiger partial charge is 0.563 e. The van der Waals surface area contributed by atoms with Crippen molar-refractivity contribution in [3.8, 4) is 0 Å². The molecule has 0 amide bonds. The van der Waals surface area contributed by atoms with Crippen LogP contribution >= 0.6 is 0 Å². The lowest BCUT2D eigenvalue weighted by molar-refractivity contribution is 0.0195. The quantitative estimate of drug-likeness (QED) is 0.427. The zero-order chi connectivity index (χ0) is 3.70. The Bertz CT molecular complexity index is 125. The van der Waals surface area contributed by atoms with E-state index < -0.39 is 5.82 Å². The smallest absolute Gasteiger partial charge is 0.344 e. The first-order valence-corrected chi connectivity index (χ1v) is 1.02. The number of hydrogen-bond donors (Lipinski definition) is 3. The number of H-pyrrole nitrogens is 1. The van der Waals surface area contributed by atoms with E-state index in [0.717, 1.165) is 0 Å². The molecule has 0 radical (unpaired) electrons. The zero-order valence-electron chi connectivity index (χ0n) is 3.64. The van der Waals surface area contributed by atoms with Gasteiger partial charge in [0.1, 0.15) is 0 Å². The fraction of sp³-hybridized carbons (Fsp3) is 0. The summed E-state index contributed by atoms with van der Waals surface area (Å²) in [6.07, 6.45) is 0. The molecule has 1 rings (SSSR count). The monoisotopic (exact) mass is 109 g/mol. The van der Waals surface area contributed by atoms with Crippen molar-refractivity contribution in [2.24, 2.45) is 0 Å². The predicted octanol–water partition coefficient (Wildman–Crippen LogP) is -0.115. The summed E-state index contributed by atoms with van der Waals surface area (Å²) in [5.74, 6) is -0.676. The van der Waals surface area contributed by atoms with Crippen LogP contribution in [-0.4, -0.2) is 5.33 Å². The number of rotatable bonds is 0. The van der Waals surface area contributed by atoms with Crippen LogP contribution in [0.15, 0.2) is 13.8 Å². The van der Waals surface area contributed by atoms with E-state index in [9.17, 15) is 4.79 Å². The van der Waals surface area contributed by atoms with Gasteiger partial charge in [-0.05, 0) is 0 Å². The van der Waals surface area contributed by atoms with E-state index in [0.29, 0.717) is 0 Å². The molecule has 0 atom stereocenters. The molecule has 0 spiro atoms. The van der Waals surface area contributed by atoms with Crippen molar-refractivity contribution < 1.29 is 9.05 Å². The van der Waals surface area contributed by atoms with Gasteiger partial charge in [0.2, 0.25) is 0 Å². The minimum atomic E-state index is -0.676. The van der Waals surface area contributed by atoms with E-state index in [4.69, 9.17) is 0 Å². The molecule has 6 heteroatoms. The standard InChI is InChI=1S/CHNO3.2H3N/c3-1-4-2-5-1;;/h2H;2*1H3. The van der Waals surface area contributed by atoms with Crippen molar-refractivity contribution in [1.29, 1.82) is 0 Å². The summed E-state index contributed by atoms with van der Waals surface area (Å²) in [6, 6.07) is 0. The Morgan fingerprint density at radius 2 is 1.57 bits per heavy atom. The van der Waals surface area contributed by atoms with Gasteiger partial charge in [-0.3, -0.25) is 9.05 Å². The van der Waals surface area contributed by atoms with Gasteiger partial charge in [-0.25, -0.2) is 0 Å². The second-order valence-electron chi connectivity index (χ2n) is 0.537. The van der Waals surface area contributed by atoms with Gasteiger partial charge in [0.25, 0.3) is 0 Å². The summed E-state index contributed by atoms with van der Waals surface area (Å²) in [5, 5.41) is 1.81. The van der Waals surface area contributed by atoms with Crippen LogP contribution in [0.1, 0.15) is 0 Å². The van der Waals surface area contributed by atoms with Crippen molar-refractivity contribution in [3.05, 3.63) is 10.6 Å². The van der Waals surface area contributed by atoms with Crippen molar-refractivity contribution in [1.82, 2.24) is 17.6 Å². The Labute approximate surface area is 38.6 Å². The fourth-order valence-corrected chi connectivity index (χ4v) is 0.0757. The van der Waals surface area contributed by atoms with Gasteiger partial charge in [-0.1, -0.05) is 5.33 Å². The van der Waals surface area contributed by atoms with Gasteiger partial charge in [0.05, 0.1) is 0 Å². The molecule has 44 valence electrons. The summed E-state index contributed by atoms with van der Waals surface area (Å²) >= 11 is 0. The van der Waals surface area contributed by atoms with Gasteiger partial charge >= 0.3 is 5.82 Å². The molecule has 0 bridgehead atoms. The molecule has 0 saturated carbocycles. The highest BCUT2D eigenvalue weighted by Gasteiger charge is 1.80. The molecule has 6 nitrogen and oxygen atoms in total. The predicted molar refractivity (Wildman–Crippen MR) is 21.6 cm³/mol. The van der Waals surface area contributed by atoms with Crippen molar-refractivity contribution in [2.75, 3.05) is 0 Å². The van der Waals surface area contributed by atoms with Crippen molar-refractivity contribution in [3.63, 3.8) is 0 Å². The van der Waals surface area contributed by atoms with E-state index in [2.05, 4.69) is 9.05 Å². The van der Waals surface area contributed by atoms with E-state index in [1.165, 1.54) is 0 Å². The van der Waals surface area contributed by atoms with Crippen LogP contribution in [0.2, 0.25) is 0 Å². The SMILES string of the molecule is N.N.O=c1o[nH]o1. The molecule has 1 aromatic rings. The second kappa shape index (κ2) is 3.19. The first-order valence-electron chi connectivity index (χ1n) is 1.02. The highest BCUT2D eigenvalue weighted by molar-refractivity contribution is 4.17. The van der Waals surface area contributed by atoms with Gasteiger partial charge in [-0.2, -0.15) is 4.79 Å². The number of aromatic nitrogens is 1. The first-order chi connectivity index (χ1) is 2.39. The molecule has 1 aromatic heterocycles. The highest BCUT2D eigenvalue weighted by Crippen LogP contribution is 1.54. The third-order valence-electron chi connectivity index (χ3n) is 0.250. The van der Waals surface area contributed by atoms with Crippen LogP contribution < -0.4 is 18.1 Å². The van der Waals surface area contributed by atoms with E-state index in [1.807, 2.05) is 5.33 Å². The molecule has 7 heavy (non-hydrogen) atoms. The highest BCUT2D eigenvalue weighted by atomic mass is 16.8. The molecule has 7 N–H and O–H groups in total. The third kappa shape index (κ3) is 1.79. The molecular weight excluding hydrogens is 102 g/mol. The second-order valence-corrected chi connectivity index (χ2v) is 0.537. The summed E-state index contributed by atoms with van der Waals surface area (Å²) in [4.78, 5) is 9.39. The van der Waals surface area contributed by atoms with Gasteiger partial charge in [0.15, 0.2) is 0 Å². The van der Waals surface area contributed by atoms with Crippen LogP contribution in [0.4, 0.5) is 0 Å². The molecular formula is CH7N3O3. The molecule has 0 aliphatic rings. The van der Waals surface area contributed by atoms with Crippen LogP contribution in [0.3, 0.4) is 0 Å². The maximum atomic E-state index is 9.39. The molecule has 1 heterocycles. The van der Waals surface area contributed by atoms with Gasteiger partial charge in [0, 0.05) is 0 Å². The fourth-order valence-electron chi connectivity index (χ4n) is 0.0757. The lowest BCUT2D eigenvalue weighted by atomic mass is 11.6. The van der Waals surface area contributed by atoms with Crippen LogP contribution in [-0.2, 0) is 0 Å². The Balaban J connectivity index is 0.